The number of thiocarbonyl (C=S) groups is 1. The summed E-state index contributed by atoms with van der Waals surface area (Å²) in [6.07, 6.45) is 3.64. The van der Waals surface area contributed by atoms with Gasteiger partial charge in [0.2, 0.25) is 5.75 Å². The van der Waals surface area contributed by atoms with Crippen LogP contribution in [0.3, 0.4) is 0 Å². The van der Waals surface area contributed by atoms with Gasteiger partial charge in [0.1, 0.15) is 0 Å². The van der Waals surface area contributed by atoms with Crippen molar-refractivity contribution in [2.75, 3.05) is 20.3 Å². The molecule has 8 nitrogen and oxygen atoms in total. The fourth-order valence-corrected chi connectivity index (χ4v) is 4.06. The summed E-state index contributed by atoms with van der Waals surface area (Å²) in [5.74, 6) is 0.230. The van der Waals surface area contributed by atoms with Crippen molar-refractivity contribution < 1.29 is 19.2 Å². The number of rotatable bonds is 11. The molecule has 1 atom stereocenters. The van der Waals surface area contributed by atoms with Crippen LogP contribution in [0.1, 0.15) is 65.0 Å². The lowest BCUT2D eigenvalue weighted by molar-refractivity contribution is -0.386. The Balaban J connectivity index is 2.56. The van der Waals surface area contributed by atoms with Gasteiger partial charge >= 0.3 is 5.69 Å². The maximum absolute atomic E-state index is 12.5. The molecule has 0 saturated heterocycles. The van der Waals surface area contributed by atoms with Crippen LogP contribution in [-0.4, -0.2) is 41.0 Å². The number of nitrogens with one attached hydrogen (secondary N) is 1. The highest BCUT2D eigenvalue weighted by Crippen LogP contribution is 2.42. The number of nitro groups is 1. The van der Waals surface area contributed by atoms with Gasteiger partial charge in [0.05, 0.1) is 24.7 Å². The van der Waals surface area contributed by atoms with Crippen molar-refractivity contribution >= 4 is 28.8 Å². The van der Waals surface area contributed by atoms with Gasteiger partial charge in [0.15, 0.2) is 16.6 Å². The average Bonchev–Trinajstić information content (AvgIpc) is 2.72. The molecule has 0 spiro atoms. The first-order valence-electron chi connectivity index (χ1n) is 10.6. The van der Waals surface area contributed by atoms with E-state index < -0.39 is 11.0 Å². The van der Waals surface area contributed by atoms with Gasteiger partial charge in [0, 0.05) is 23.9 Å². The van der Waals surface area contributed by atoms with Crippen molar-refractivity contribution in [3.05, 3.63) is 39.1 Å². The van der Waals surface area contributed by atoms with Gasteiger partial charge in [0.25, 0.3) is 0 Å². The number of methoxy groups -OCH3 is 1. The van der Waals surface area contributed by atoms with Crippen LogP contribution in [-0.2, 0) is 4.79 Å². The fraction of sp³-hybridized carbons (Fsp3) is 0.545. The molecule has 1 unspecified atom stereocenters. The normalized spacial score (nSPS) is 16.2. The maximum atomic E-state index is 12.5. The zero-order valence-corrected chi connectivity index (χ0v) is 19.6. The van der Waals surface area contributed by atoms with Crippen LogP contribution >= 0.6 is 12.2 Å². The summed E-state index contributed by atoms with van der Waals surface area (Å²) in [6, 6.07) is 2.50. The van der Waals surface area contributed by atoms with Crippen LogP contribution < -0.4 is 14.8 Å². The van der Waals surface area contributed by atoms with Crippen LogP contribution in [0.25, 0.3) is 0 Å². The molecular formula is C22H31N3O5S. The smallest absolute Gasteiger partial charge is 0.315 e. The Morgan fingerprint density at radius 3 is 2.55 bits per heavy atom. The number of carbonyl (C=O) groups is 1. The lowest BCUT2D eigenvalue weighted by atomic mass is 9.91. The molecule has 31 heavy (non-hydrogen) atoms. The Labute approximate surface area is 188 Å². The number of ketones is 1. The maximum Gasteiger partial charge on any atom is 0.315 e. The predicted molar refractivity (Wildman–Crippen MR) is 124 cm³/mol. The first kappa shape index (κ1) is 24.6. The molecule has 1 aromatic carbocycles. The third kappa shape index (κ3) is 5.52. The van der Waals surface area contributed by atoms with E-state index in [4.69, 9.17) is 21.7 Å². The molecule has 2 rings (SSSR count). The lowest BCUT2D eigenvalue weighted by Crippen LogP contribution is -2.47. The topological polar surface area (TPSA) is 93.9 Å². The second-order valence-electron chi connectivity index (χ2n) is 7.47. The van der Waals surface area contributed by atoms with E-state index in [0.29, 0.717) is 29.4 Å². The zero-order chi connectivity index (χ0) is 23.1. The lowest BCUT2D eigenvalue weighted by Gasteiger charge is -2.37. The van der Waals surface area contributed by atoms with E-state index in [-0.39, 0.29) is 23.0 Å². The SMILES string of the molecule is CCCCCOc1c(OC)cc(C2NC(=S)N(CCC)C(C)=C2C(C)=O)cc1[N+](=O)[O-]. The van der Waals surface area contributed by atoms with Gasteiger partial charge in [-0.15, -0.1) is 0 Å². The van der Waals surface area contributed by atoms with Crippen molar-refractivity contribution in [1.29, 1.82) is 0 Å². The van der Waals surface area contributed by atoms with Crippen molar-refractivity contribution in [2.24, 2.45) is 0 Å². The minimum absolute atomic E-state index is 0.100. The molecule has 1 aromatic rings. The van der Waals surface area contributed by atoms with Crippen LogP contribution in [0.15, 0.2) is 23.4 Å². The summed E-state index contributed by atoms with van der Waals surface area (Å²) in [5.41, 5.74) is 1.60. The highest BCUT2D eigenvalue weighted by atomic mass is 32.1. The summed E-state index contributed by atoms with van der Waals surface area (Å²) >= 11 is 5.52. The third-order valence-corrected chi connectivity index (χ3v) is 5.56. The largest absolute Gasteiger partial charge is 0.493 e. The average molecular weight is 450 g/mol. The summed E-state index contributed by atoms with van der Waals surface area (Å²) in [7, 11) is 1.44. The number of carbonyl (C=O) groups excluding carboxylic acids is 1. The molecule has 1 N–H and O–H groups in total. The number of hydrogen-bond acceptors (Lipinski definition) is 6. The van der Waals surface area contributed by atoms with Crippen LogP contribution in [0.4, 0.5) is 5.69 Å². The molecule has 0 aliphatic carbocycles. The molecule has 0 amide bonds. The van der Waals surface area contributed by atoms with Crippen LogP contribution in [0.5, 0.6) is 11.5 Å². The molecule has 0 fully saturated rings. The Morgan fingerprint density at radius 1 is 1.29 bits per heavy atom. The first-order valence-corrected chi connectivity index (χ1v) is 11.0. The Kier molecular flexibility index (Phi) is 8.79. The highest BCUT2D eigenvalue weighted by Gasteiger charge is 2.34. The van der Waals surface area contributed by atoms with Gasteiger partial charge in [-0.1, -0.05) is 26.7 Å². The van der Waals surface area contributed by atoms with E-state index in [1.807, 2.05) is 18.7 Å². The number of nitro benzene ring substituents is 1. The summed E-state index contributed by atoms with van der Waals surface area (Å²) in [5, 5.41) is 15.5. The number of benzene rings is 1. The van der Waals surface area contributed by atoms with Gasteiger partial charge in [-0.2, -0.15) is 0 Å². The first-order chi connectivity index (χ1) is 14.8. The number of unbranched alkanes of at least 4 members (excludes halogenated alkanes) is 2. The molecule has 1 heterocycles. The molecular weight excluding hydrogens is 418 g/mol. The zero-order valence-electron chi connectivity index (χ0n) is 18.8. The second kappa shape index (κ2) is 11.1. The molecule has 0 radical (unpaired) electrons. The molecule has 0 saturated carbocycles. The number of hydrogen-bond donors (Lipinski definition) is 1. The molecule has 170 valence electrons. The molecule has 0 aromatic heterocycles. The molecule has 0 bridgehead atoms. The van der Waals surface area contributed by atoms with Crippen molar-refractivity contribution in [3.63, 3.8) is 0 Å². The van der Waals surface area contributed by atoms with Crippen LogP contribution in [0.2, 0.25) is 0 Å². The van der Waals surface area contributed by atoms with E-state index >= 15 is 0 Å². The van der Waals surface area contributed by atoms with E-state index in [0.717, 1.165) is 31.4 Å². The summed E-state index contributed by atoms with van der Waals surface area (Å²) < 4.78 is 11.2. The van der Waals surface area contributed by atoms with E-state index in [9.17, 15) is 14.9 Å². The standard InChI is InChI=1S/C22H31N3O5S/c1-6-8-9-11-30-21-17(25(27)28)12-16(13-18(21)29-5)20-19(15(4)26)14(3)24(10-7-2)22(31)23-20/h12-13,20H,6-11H2,1-5H3,(H,23,31). The van der Waals surface area contributed by atoms with Crippen molar-refractivity contribution in [1.82, 2.24) is 10.2 Å². The van der Waals surface area contributed by atoms with Gasteiger partial charge in [-0.25, -0.2) is 0 Å². The van der Waals surface area contributed by atoms with E-state index in [2.05, 4.69) is 12.2 Å². The Hall–Kier alpha value is -2.68. The van der Waals surface area contributed by atoms with Crippen LogP contribution in [0, 0.1) is 10.1 Å². The molecule has 9 heteroatoms. The predicted octanol–water partition coefficient (Wildman–Crippen LogP) is 4.68. The monoisotopic (exact) mass is 449 g/mol. The minimum atomic E-state index is -0.611. The highest BCUT2D eigenvalue weighted by molar-refractivity contribution is 7.80. The summed E-state index contributed by atoms with van der Waals surface area (Å²) in [4.78, 5) is 25.8. The Bertz CT molecular complexity index is 884. The van der Waals surface area contributed by atoms with Crippen molar-refractivity contribution in [3.8, 4) is 11.5 Å². The number of allylic oxidation sites excluding steroid dienone is 1. The Morgan fingerprint density at radius 2 is 2.00 bits per heavy atom. The van der Waals surface area contributed by atoms with Gasteiger partial charge in [-0.3, -0.25) is 14.9 Å². The number of nitrogens with zero attached hydrogens (tertiary/aromatic N) is 2. The number of ether oxygens (including phenoxy) is 2. The molecule has 1 aliphatic heterocycles. The fourth-order valence-electron chi connectivity index (χ4n) is 3.71. The number of Topliss-reactive ketones (excluding diaryl/α,β-unsaturated/α-hetero) is 1. The van der Waals surface area contributed by atoms with Crippen molar-refractivity contribution in [2.45, 2.75) is 59.4 Å². The molecule has 1 aliphatic rings. The van der Waals surface area contributed by atoms with E-state index in [1.54, 1.807) is 6.07 Å². The van der Waals surface area contributed by atoms with E-state index in [1.165, 1.54) is 20.1 Å². The minimum Gasteiger partial charge on any atom is -0.493 e. The summed E-state index contributed by atoms with van der Waals surface area (Å²) in [6.45, 7) is 8.48. The third-order valence-electron chi connectivity index (χ3n) is 5.22. The second-order valence-corrected chi connectivity index (χ2v) is 7.86. The van der Waals surface area contributed by atoms with Gasteiger partial charge < -0.3 is 19.7 Å². The van der Waals surface area contributed by atoms with Gasteiger partial charge in [-0.05, 0) is 50.5 Å². The quantitative estimate of drug-likeness (QED) is 0.225.